The molecule has 0 aliphatic heterocycles. The zero-order valence-corrected chi connectivity index (χ0v) is 10.1. The van der Waals surface area contributed by atoms with Gasteiger partial charge in [-0.25, -0.2) is 9.71 Å². The van der Waals surface area contributed by atoms with Gasteiger partial charge in [-0.05, 0) is 25.0 Å². The molecule has 1 amide bonds. The molecule has 0 radical (unpaired) electrons. The second kappa shape index (κ2) is 4.83. The SMILES string of the molecule is O=C(NS(=O)(=O)c1ccccn1)C1CCCC1. The topological polar surface area (TPSA) is 76.1 Å². The molecule has 1 N–H and O–H groups in total. The largest absolute Gasteiger partial charge is 0.281 e. The Morgan fingerprint density at radius 1 is 1.29 bits per heavy atom. The first kappa shape index (κ1) is 12.0. The number of nitrogens with one attached hydrogen (secondary N) is 1. The van der Waals surface area contributed by atoms with Crippen molar-refractivity contribution >= 4 is 15.9 Å². The van der Waals surface area contributed by atoms with Crippen molar-refractivity contribution < 1.29 is 13.2 Å². The monoisotopic (exact) mass is 254 g/mol. The van der Waals surface area contributed by atoms with Gasteiger partial charge in [-0.3, -0.25) is 4.79 Å². The van der Waals surface area contributed by atoms with Crippen molar-refractivity contribution in [3.8, 4) is 0 Å². The summed E-state index contributed by atoms with van der Waals surface area (Å²) >= 11 is 0. The van der Waals surface area contributed by atoms with Crippen LogP contribution in [0, 0.1) is 5.92 Å². The highest BCUT2D eigenvalue weighted by atomic mass is 32.2. The zero-order chi connectivity index (χ0) is 12.3. The van der Waals surface area contributed by atoms with Gasteiger partial charge in [0.15, 0.2) is 5.03 Å². The van der Waals surface area contributed by atoms with Gasteiger partial charge < -0.3 is 0 Å². The van der Waals surface area contributed by atoms with Gasteiger partial charge in [0.05, 0.1) is 0 Å². The first-order chi connectivity index (χ1) is 8.09. The van der Waals surface area contributed by atoms with E-state index >= 15 is 0 Å². The number of pyridine rings is 1. The van der Waals surface area contributed by atoms with Crippen LogP contribution in [0.1, 0.15) is 25.7 Å². The number of carbonyl (C=O) groups excluding carboxylic acids is 1. The first-order valence-electron chi connectivity index (χ1n) is 5.57. The van der Waals surface area contributed by atoms with Gasteiger partial charge in [0.1, 0.15) is 0 Å². The predicted octanol–water partition coefficient (Wildman–Crippen LogP) is 1.08. The normalized spacial score (nSPS) is 16.9. The maximum atomic E-state index is 11.8. The van der Waals surface area contributed by atoms with Crippen molar-refractivity contribution in [2.24, 2.45) is 5.92 Å². The molecule has 1 heterocycles. The molecule has 92 valence electrons. The van der Waals surface area contributed by atoms with Crippen LogP contribution in [0.15, 0.2) is 29.4 Å². The van der Waals surface area contributed by atoms with Crippen LogP contribution in [-0.2, 0) is 14.8 Å². The average molecular weight is 254 g/mol. The summed E-state index contributed by atoms with van der Waals surface area (Å²) in [4.78, 5) is 15.4. The summed E-state index contributed by atoms with van der Waals surface area (Å²) in [7, 11) is -3.81. The molecule has 2 rings (SSSR count). The summed E-state index contributed by atoms with van der Waals surface area (Å²) < 4.78 is 25.7. The third kappa shape index (κ3) is 2.82. The Balaban J connectivity index is 2.10. The second-order valence-electron chi connectivity index (χ2n) is 4.12. The molecule has 0 aromatic carbocycles. The summed E-state index contributed by atoms with van der Waals surface area (Å²) in [6, 6.07) is 4.56. The third-order valence-corrected chi connectivity index (χ3v) is 4.14. The van der Waals surface area contributed by atoms with Crippen LogP contribution in [0.3, 0.4) is 0 Å². The van der Waals surface area contributed by atoms with Crippen LogP contribution in [0.4, 0.5) is 0 Å². The number of carbonyl (C=O) groups is 1. The van der Waals surface area contributed by atoms with Crippen LogP contribution in [0.25, 0.3) is 0 Å². The van der Waals surface area contributed by atoms with Crippen LogP contribution >= 0.6 is 0 Å². The van der Waals surface area contributed by atoms with E-state index < -0.39 is 15.9 Å². The van der Waals surface area contributed by atoms with Gasteiger partial charge in [0, 0.05) is 12.1 Å². The number of amides is 1. The highest BCUT2D eigenvalue weighted by Gasteiger charge is 2.27. The number of sulfonamides is 1. The van der Waals surface area contributed by atoms with Crippen molar-refractivity contribution in [1.29, 1.82) is 0 Å². The predicted molar refractivity (Wildman–Crippen MR) is 61.5 cm³/mol. The van der Waals surface area contributed by atoms with Crippen molar-refractivity contribution in [3.05, 3.63) is 24.4 Å². The van der Waals surface area contributed by atoms with Crippen molar-refractivity contribution in [3.63, 3.8) is 0 Å². The fourth-order valence-electron chi connectivity index (χ4n) is 1.96. The van der Waals surface area contributed by atoms with Gasteiger partial charge >= 0.3 is 0 Å². The molecule has 1 fully saturated rings. The van der Waals surface area contributed by atoms with Crippen molar-refractivity contribution in [2.45, 2.75) is 30.7 Å². The molecule has 0 atom stereocenters. The lowest BCUT2D eigenvalue weighted by molar-refractivity contribution is -0.122. The molecule has 6 heteroatoms. The van der Waals surface area contributed by atoms with Crippen LogP contribution in [0.5, 0.6) is 0 Å². The van der Waals surface area contributed by atoms with E-state index in [1.54, 1.807) is 12.1 Å². The molecule has 1 aromatic rings. The van der Waals surface area contributed by atoms with E-state index in [1.807, 2.05) is 0 Å². The lowest BCUT2D eigenvalue weighted by Crippen LogP contribution is -2.35. The summed E-state index contributed by atoms with van der Waals surface area (Å²) in [5, 5.41) is -0.119. The standard InChI is InChI=1S/C11H14N2O3S/c14-11(9-5-1-2-6-9)13-17(15,16)10-7-3-4-8-12-10/h3-4,7-9H,1-2,5-6H2,(H,13,14). The first-order valence-corrected chi connectivity index (χ1v) is 7.05. The summed E-state index contributed by atoms with van der Waals surface area (Å²) in [5.41, 5.74) is 0. The Morgan fingerprint density at radius 3 is 2.59 bits per heavy atom. The Labute approximate surface area is 100 Å². The minimum Gasteiger partial charge on any atom is -0.274 e. The number of hydrogen-bond acceptors (Lipinski definition) is 4. The molecular weight excluding hydrogens is 240 g/mol. The molecule has 1 aromatic heterocycles. The number of hydrogen-bond donors (Lipinski definition) is 1. The Bertz CT molecular complexity index is 493. The highest BCUT2D eigenvalue weighted by Crippen LogP contribution is 2.25. The molecule has 1 aliphatic rings. The minimum absolute atomic E-state index is 0.119. The molecule has 0 saturated heterocycles. The van der Waals surface area contributed by atoms with Gasteiger partial charge in [-0.1, -0.05) is 18.9 Å². The molecule has 0 unspecified atom stereocenters. The van der Waals surface area contributed by atoms with Crippen molar-refractivity contribution in [1.82, 2.24) is 9.71 Å². The molecule has 1 saturated carbocycles. The third-order valence-electron chi connectivity index (χ3n) is 2.87. The van der Waals surface area contributed by atoms with E-state index in [0.29, 0.717) is 0 Å². The quantitative estimate of drug-likeness (QED) is 0.875. The Morgan fingerprint density at radius 2 is 2.00 bits per heavy atom. The van der Waals surface area contributed by atoms with Crippen molar-refractivity contribution in [2.75, 3.05) is 0 Å². The zero-order valence-electron chi connectivity index (χ0n) is 9.30. The summed E-state index contributed by atoms with van der Waals surface area (Å²) in [6.45, 7) is 0. The van der Waals surface area contributed by atoms with Crippen LogP contribution in [-0.4, -0.2) is 19.3 Å². The van der Waals surface area contributed by atoms with E-state index in [9.17, 15) is 13.2 Å². The Hall–Kier alpha value is -1.43. The van der Waals surface area contributed by atoms with E-state index in [2.05, 4.69) is 9.71 Å². The van der Waals surface area contributed by atoms with Gasteiger partial charge in [0.2, 0.25) is 5.91 Å². The molecule has 5 nitrogen and oxygen atoms in total. The minimum atomic E-state index is -3.81. The maximum absolute atomic E-state index is 11.8. The molecule has 0 spiro atoms. The lowest BCUT2D eigenvalue weighted by Gasteiger charge is -2.10. The second-order valence-corrected chi connectivity index (χ2v) is 5.75. The number of nitrogens with zero attached hydrogens (tertiary/aromatic N) is 1. The van der Waals surface area contributed by atoms with Crippen LogP contribution < -0.4 is 4.72 Å². The lowest BCUT2D eigenvalue weighted by atomic mass is 10.1. The number of rotatable bonds is 3. The summed E-state index contributed by atoms with van der Waals surface area (Å²) in [5.74, 6) is -0.582. The van der Waals surface area contributed by atoms with E-state index in [-0.39, 0.29) is 10.9 Å². The van der Waals surface area contributed by atoms with E-state index in [0.717, 1.165) is 25.7 Å². The van der Waals surface area contributed by atoms with E-state index in [4.69, 9.17) is 0 Å². The molecule has 17 heavy (non-hydrogen) atoms. The smallest absolute Gasteiger partial charge is 0.274 e. The van der Waals surface area contributed by atoms with Gasteiger partial charge in [-0.15, -0.1) is 0 Å². The Kier molecular flexibility index (Phi) is 3.42. The van der Waals surface area contributed by atoms with Crippen LogP contribution in [0.2, 0.25) is 0 Å². The fraction of sp³-hybridized carbons (Fsp3) is 0.455. The summed E-state index contributed by atoms with van der Waals surface area (Å²) in [6.07, 6.45) is 4.89. The molecule has 1 aliphatic carbocycles. The number of aromatic nitrogens is 1. The fourth-order valence-corrected chi connectivity index (χ4v) is 2.96. The van der Waals surface area contributed by atoms with E-state index in [1.165, 1.54) is 12.3 Å². The molecule has 0 bridgehead atoms. The highest BCUT2D eigenvalue weighted by molar-refractivity contribution is 7.90. The van der Waals surface area contributed by atoms with Gasteiger partial charge in [0.25, 0.3) is 10.0 Å². The average Bonchev–Trinajstić information content (AvgIpc) is 2.83. The van der Waals surface area contributed by atoms with Gasteiger partial charge in [-0.2, -0.15) is 8.42 Å². The maximum Gasteiger partial charge on any atom is 0.281 e. The molecular formula is C11H14N2O3S.